The first kappa shape index (κ1) is 11.5. The molecule has 3 aromatic rings. The maximum absolute atomic E-state index is 5.96. The van der Waals surface area contributed by atoms with Crippen LogP contribution in [-0.2, 0) is 13.0 Å². The van der Waals surface area contributed by atoms with E-state index >= 15 is 0 Å². The van der Waals surface area contributed by atoms with Gasteiger partial charge in [0.1, 0.15) is 11.6 Å². The van der Waals surface area contributed by atoms with E-state index in [1.165, 1.54) is 5.56 Å². The summed E-state index contributed by atoms with van der Waals surface area (Å²) < 4.78 is 5.96. The van der Waals surface area contributed by atoms with E-state index in [0.717, 1.165) is 34.6 Å². The van der Waals surface area contributed by atoms with Crippen molar-refractivity contribution in [1.82, 2.24) is 9.97 Å². The molecule has 1 aliphatic rings. The van der Waals surface area contributed by atoms with E-state index in [9.17, 15) is 0 Å². The van der Waals surface area contributed by atoms with Crippen LogP contribution in [0.3, 0.4) is 0 Å². The maximum Gasteiger partial charge on any atom is 0.160 e. The number of ether oxygens (including phenoxy) is 1. The normalized spacial score (nSPS) is 17.1. The summed E-state index contributed by atoms with van der Waals surface area (Å²) in [5.41, 5.74) is 9.98. The smallest absolute Gasteiger partial charge is 0.160 e. The molecule has 0 amide bonds. The van der Waals surface area contributed by atoms with Gasteiger partial charge < -0.3 is 15.5 Å². The highest BCUT2D eigenvalue weighted by molar-refractivity contribution is 5.76. The van der Waals surface area contributed by atoms with E-state index < -0.39 is 0 Å². The van der Waals surface area contributed by atoms with Crippen molar-refractivity contribution in [2.75, 3.05) is 0 Å². The average Bonchev–Trinajstić information content (AvgIpc) is 3.09. The SMILES string of the molecule is NCc1ccc2nc(C3Cc4ccccc4O3)[nH]c2c1. The Morgan fingerprint density at radius 2 is 2.15 bits per heavy atom. The zero-order chi connectivity index (χ0) is 13.5. The van der Waals surface area contributed by atoms with Crippen molar-refractivity contribution < 1.29 is 4.74 Å². The average molecular weight is 265 g/mol. The molecule has 1 aliphatic heterocycles. The first-order chi connectivity index (χ1) is 9.83. The van der Waals surface area contributed by atoms with E-state index in [2.05, 4.69) is 16.0 Å². The van der Waals surface area contributed by atoms with Crippen LogP contribution in [0.4, 0.5) is 0 Å². The van der Waals surface area contributed by atoms with Gasteiger partial charge in [0.05, 0.1) is 11.0 Å². The molecular formula is C16H15N3O. The molecule has 0 spiro atoms. The first-order valence-electron chi connectivity index (χ1n) is 6.76. The molecule has 0 bridgehead atoms. The number of aromatic nitrogens is 2. The fraction of sp³-hybridized carbons (Fsp3) is 0.188. The van der Waals surface area contributed by atoms with Gasteiger partial charge in [-0.15, -0.1) is 0 Å². The van der Waals surface area contributed by atoms with Gasteiger partial charge in [-0.1, -0.05) is 24.3 Å². The Kier molecular flexibility index (Phi) is 2.50. The van der Waals surface area contributed by atoms with E-state index in [1.54, 1.807) is 0 Å². The Labute approximate surface area is 116 Å². The fourth-order valence-corrected chi connectivity index (χ4v) is 2.69. The summed E-state index contributed by atoms with van der Waals surface area (Å²) in [6, 6.07) is 14.2. The predicted octanol–water partition coefficient (Wildman–Crippen LogP) is 2.70. The van der Waals surface area contributed by atoms with Crippen LogP contribution in [0.1, 0.15) is 23.1 Å². The standard InChI is InChI=1S/C16H15N3O/c17-9-10-5-6-12-13(7-10)19-16(18-12)15-8-11-3-1-2-4-14(11)20-15/h1-7,15H,8-9,17H2,(H,18,19). The number of aromatic amines is 1. The highest BCUT2D eigenvalue weighted by Gasteiger charge is 2.26. The number of hydrogen-bond donors (Lipinski definition) is 2. The molecule has 3 N–H and O–H groups in total. The molecule has 2 heterocycles. The second kappa shape index (κ2) is 4.35. The zero-order valence-corrected chi connectivity index (χ0v) is 11.0. The third-order valence-corrected chi connectivity index (χ3v) is 3.75. The molecule has 100 valence electrons. The molecular weight excluding hydrogens is 250 g/mol. The summed E-state index contributed by atoms with van der Waals surface area (Å²) in [4.78, 5) is 7.99. The maximum atomic E-state index is 5.96. The largest absolute Gasteiger partial charge is 0.482 e. The Hall–Kier alpha value is -2.33. The van der Waals surface area contributed by atoms with E-state index in [-0.39, 0.29) is 6.10 Å². The van der Waals surface area contributed by atoms with Gasteiger partial charge >= 0.3 is 0 Å². The first-order valence-corrected chi connectivity index (χ1v) is 6.76. The highest BCUT2D eigenvalue weighted by Crippen LogP contribution is 2.35. The molecule has 4 nitrogen and oxygen atoms in total. The van der Waals surface area contributed by atoms with Crippen LogP contribution in [0, 0.1) is 0 Å². The molecule has 1 aromatic heterocycles. The van der Waals surface area contributed by atoms with Gasteiger partial charge in [0.15, 0.2) is 6.10 Å². The van der Waals surface area contributed by atoms with Crippen molar-refractivity contribution in [3.63, 3.8) is 0 Å². The Bertz CT molecular complexity index is 753. The number of hydrogen-bond acceptors (Lipinski definition) is 3. The molecule has 2 aromatic carbocycles. The van der Waals surface area contributed by atoms with Gasteiger partial charge in [-0.2, -0.15) is 0 Å². The van der Waals surface area contributed by atoms with Crippen LogP contribution in [0.15, 0.2) is 42.5 Å². The molecule has 4 heteroatoms. The number of rotatable bonds is 2. The molecule has 20 heavy (non-hydrogen) atoms. The van der Waals surface area contributed by atoms with Crippen molar-refractivity contribution >= 4 is 11.0 Å². The third-order valence-electron chi connectivity index (χ3n) is 3.75. The molecule has 0 saturated carbocycles. The monoisotopic (exact) mass is 265 g/mol. The number of benzene rings is 2. The summed E-state index contributed by atoms with van der Waals surface area (Å²) in [5, 5.41) is 0. The minimum absolute atomic E-state index is 0.0267. The fourth-order valence-electron chi connectivity index (χ4n) is 2.69. The summed E-state index contributed by atoms with van der Waals surface area (Å²) in [5.74, 6) is 1.84. The lowest BCUT2D eigenvalue weighted by atomic mass is 10.1. The zero-order valence-electron chi connectivity index (χ0n) is 11.0. The van der Waals surface area contributed by atoms with Crippen molar-refractivity contribution in [2.24, 2.45) is 5.73 Å². The number of nitrogens with zero attached hydrogens (tertiary/aromatic N) is 1. The number of nitrogens with two attached hydrogens (primary N) is 1. The van der Waals surface area contributed by atoms with Gasteiger partial charge in [-0.3, -0.25) is 0 Å². The Morgan fingerprint density at radius 3 is 3.00 bits per heavy atom. The molecule has 0 aliphatic carbocycles. The third kappa shape index (κ3) is 1.77. The minimum atomic E-state index is -0.0267. The summed E-state index contributed by atoms with van der Waals surface area (Å²) in [7, 11) is 0. The van der Waals surface area contributed by atoms with Crippen molar-refractivity contribution in [1.29, 1.82) is 0 Å². The van der Waals surface area contributed by atoms with Crippen molar-refractivity contribution in [3.05, 3.63) is 59.4 Å². The van der Waals surface area contributed by atoms with Crippen LogP contribution >= 0.6 is 0 Å². The Morgan fingerprint density at radius 1 is 1.25 bits per heavy atom. The molecule has 0 saturated heterocycles. The van der Waals surface area contributed by atoms with Crippen LogP contribution in [0.2, 0.25) is 0 Å². The predicted molar refractivity (Wildman–Crippen MR) is 77.5 cm³/mol. The van der Waals surface area contributed by atoms with E-state index in [4.69, 9.17) is 10.5 Å². The van der Waals surface area contributed by atoms with Gasteiger partial charge in [-0.25, -0.2) is 4.98 Å². The lowest BCUT2D eigenvalue weighted by Gasteiger charge is -2.06. The summed E-state index contributed by atoms with van der Waals surface area (Å²) in [6.45, 7) is 0.537. The topological polar surface area (TPSA) is 63.9 Å². The number of H-pyrrole nitrogens is 1. The number of imidazole rings is 1. The highest BCUT2D eigenvalue weighted by atomic mass is 16.5. The molecule has 1 unspecified atom stereocenters. The van der Waals surface area contributed by atoms with Crippen LogP contribution in [-0.4, -0.2) is 9.97 Å². The van der Waals surface area contributed by atoms with E-state index in [0.29, 0.717) is 6.54 Å². The van der Waals surface area contributed by atoms with Gasteiger partial charge in [0, 0.05) is 13.0 Å². The van der Waals surface area contributed by atoms with Crippen molar-refractivity contribution in [3.8, 4) is 5.75 Å². The second-order valence-electron chi connectivity index (χ2n) is 5.10. The van der Waals surface area contributed by atoms with Crippen LogP contribution in [0.25, 0.3) is 11.0 Å². The molecule has 1 atom stereocenters. The quantitative estimate of drug-likeness (QED) is 0.748. The lowest BCUT2D eigenvalue weighted by molar-refractivity contribution is 0.229. The molecule has 0 fully saturated rings. The molecule has 0 radical (unpaired) electrons. The minimum Gasteiger partial charge on any atom is -0.482 e. The van der Waals surface area contributed by atoms with Gasteiger partial charge in [0.2, 0.25) is 0 Å². The number of fused-ring (bicyclic) bond motifs is 2. The molecule has 4 rings (SSSR count). The van der Waals surface area contributed by atoms with Crippen LogP contribution in [0.5, 0.6) is 5.75 Å². The summed E-state index contributed by atoms with van der Waals surface area (Å²) in [6.07, 6.45) is 0.834. The summed E-state index contributed by atoms with van der Waals surface area (Å²) >= 11 is 0. The van der Waals surface area contributed by atoms with E-state index in [1.807, 2.05) is 36.4 Å². The number of para-hydroxylation sites is 1. The van der Waals surface area contributed by atoms with Gasteiger partial charge in [-0.05, 0) is 29.3 Å². The number of nitrogens with one attached hydrogen (secondary N) is 1. The second-order valence-corrected chi connectivity index (χ2v) is 5.10. The Balaban J connectivity index is 1.70. The van der Waals surface area contributed by atoms with Crippen molar-refractivity contribution in [2.45, 2.75) is 19.1 Å². The van der Waals surface area contributed by atoms with Gasteiger partial charge in [0.25, 0.3) is 0 Å². The van der Waals surface area contributed by atoms with Crippen LogP contribution < -0.4 is 10.5 Å². The lowest BCUT2D eigenvalue weighted by Crippen LogP contribution is -2.05.